The molecular weight excluding hydrogens is 330 g/mol. The number of aromatic hydroxyl groups is 1. The molecule has 1 fully saturated rings. The molecule has 1 amide bonds. The molecule has 0 aliphatic carbocycles. The standard InChI is InChI=1S/C17H19N3O3.ClH/c1-18-7-9-19(10-8-18)16(22)13-15(21)12-4-2-3-11-5-6-20(14(11)12)17(13)23;/h2-4,21H,5-10H2,1H3;1H/p-1. The molecule has 1 aromatic heterocycles. The summed E-state index contributed by atoms with van der Waals surface area (Å²) in [5.41, 5.74) is 1.36. The molecule has 2 aliphatic heterocycles. The van der Waals surface area contributed by atoms with Gasteiger partial charge < -0.3 is 31.9 Å². The summed E-state index contributed by atoms with van der Waals surface area (Å²) in [7, 11) is 2.01. The molecule has 0 radical (unpaired) electrons. The van der Waals surface area contributed by atoms with Gasteiger partial charge in [0.05, 0.1) is 5.52 Å². The highest BCUT2D eigenvalue weighted by atomic mass is 35.5. The van der Waals surface area contributed by atoms with E-state index in [9.17, 15) is 14.7 Å². The largest absolute Gasteiger partial charge is 1.00 e. The Morgan fingerprint density at radius 2 is 1.83 bits per heavy atom. The van der Waals surface area contributed by atoms with E-state index >= 15 is 0 Å². The smallest absolute Gasteiger partial charge is 0.267 e. The fourth-order valence-corrected chi connectivity index (χ4v) is 3.58. The molecular formula is C17H19ClN3O3-. The van der Waals surface area contributed by atoms with Gasteiger partial charge >= 0.3 is 0 Å². The first-order valence-corrected chi connectivity index (χ1v) is 7.93. The monoisotopic (exact) mass is 348 g/mol. The summed E-state index contributed by atoms with van der Waals surface area (Å²) < 4.78 is 1.63. The Morgan fingerprint density at radius 1 is 1.12 bits per heavy atom. The van der Waals surface area contributed by atoms with Crippen LogP contribution in [0.3, 0.4) is 0 Å². The average Bonchev–Trinajstić information content (AvgIpc) is 2.98. The zero-order valence-electron chi connectivity index (χ0n) is 13.5. The number of para-hydroxylation sites is 1. The topological polar surface area (TPSA) is 65.8 Å². The lowest BCUT2D eigenvalue weighted by atomic mass is 10.1. The van der Waals surface area contributed by atoms with E-state index in [1.54, 1.807) is 15.5 Å². The number of hydrogen-bond acceptors (Lipinski definition) is 4. The van der Waals surface area contributed by atoms with E-state index in [1.165, 1.54) is 0 Å². The number of benzene rings is 1. The summed E-state index contributed by atoms with van der Waals surface area (Å²) in [6.07, 6.45) is 0.762. The van der Waals surface area contributed by atoms with Gasteiger partial charge in [-0.2, -0.15) is 0 Å². The van der Waals surface area contributed by atoms with Crippen molar-refractivity contribution >= 4 is 16.8 Å². The lowest BCUT2D eigenvalue weighted by Crippen LogP contribution is -3.00. The van der Waals surface area contributed by atoms with Gasteiger partial charge in [-0.05, 0) is 25.1 Å². The van der Waals surface area contributed by atoms with Crippen LogP contribution < -0.4 is 18.0 Å². The number of carbonyl (C=O) groups excluding carboxylic acids is 1. The van der Waals surface area contributed by atoms with Gasteiger partial charge in [0.15, 0.2) is 0 Å². The molecule has 4 rings (SSSR count). The summed E-state index contributed by atoms with van der Waals surface area (Å²) in [6.45, 7) is 3.27. The van der Waals surface area contributed by atoms with E-state index in [1.807, 2.05) is 19.2 Å². The predicted octanol–water partition coefficient (Wildman–Crippen LogP) is -2.35. The van der Waals surface area contributed by atoms with E-state index in [-0.39, 0.29) is 35.2 Å². The number of aryl methyl sites for hydroxylation is 2. The highest BCUT2D eigenvalue weighted by Crippen LogP contribution is 2.32. The van der Waals surface area contributed by atoms with Gasteiger partial charge in [-0.25, -0.2) is 0 Å². The van der Waals surface area contributed by atoms with E-state index < -0.39 is 0 Å². The molecule has 0 atom stereocenters. The number of carbonyl (C=O) groups is 1. The van der Waals surface area contributed by atoms with Gasteiger partial charge in [0.2, 0.25) is 0 Å². The van der Waals surface area contributed by atoms with Crippen molar-refractivity contribution in [2.45, 2.75) is 13.0 Å². The van der Waals surface area contributed by atoms with Crippen molar-refractivity contribution in [2.75, 3.05) is 33.2 Å². The Labute approximate surface area is 145 Å². The number of nitrogens with zero attached hydrogens (tertiary/aromatic N) is 3. The van der Waals surface area contributed by atoms with Crippen molar-refractivity contribution in [1.82, 2.24) is 14.4 Å². The number of likely N-dealkylation sites (N-methyl/N-ethyl adjacent to an activating group) is 1. The maximum atomic E-state index is 12.8. The zero-order chi connectivity index (χ0) is 16.1. The van der Waals surface area contributed by atoms with Crippen LogP contribution in [0.25, 0.3) is 10.9 Å². The number of piperazine rings is 1. The Kier molecular flexibility index (Phi) is 4.27. The molecule has 2 aromatic rings. The molecule has 0 saturated carbocycles. The molecule has 6 nitrogen and oxygen atoms in total. The van der Waals surface area contributed by atoms with Crippen molar-refractivity contribution in [3.63, 3.8) is 0 Å². The molecule has 128 valence electrons. The van der Waals surface area contributed by atoms with Gasteiger partial charge in [-0.15, -0.1) is 0 Å². The summed E-state index contributed by atoms with van der Waals surface area (Å²) in [6, 6.07) is 5.60. The Balaban J connectivity index is 0.00000169. The third-order valence-corrected chi connectivity index (χ3v) is 4.95. The molecule has 2 aliphatic rings. The first-order chi connectivity index (χ1) is 11.1. The van der Waals surface area contributed by atoms with Crippen LogP contribution in [0.5, 0.6) is 5.75 Å². The molecule has 0 unspecified atom stereocenters. The quantitative estimate of drug-likeness (QED) is 0.627. The molecule has 24 heavy (non-hydrogen) atoms. The van der Waals surface area contributed by atoms with Gasteiger partial charge in [-0.1, -0.05) is 12.1 Å². The lowest BCUT2D eigenvalue weighted by molar-refractivity contribution is -0.0000170. The molecule has 1 N–H and O–H groups in total. The Morgan fingerprint density at radius 3 is 2.54 bits per heavy atom. The van der Waals surface area contributed by atoms with E-state index in [0.717, 1.165) is 30.6 Å². The maximum absolute atomic E-state index is 12.8. The minimum atomic E-state index is -0.371. The number of aromatic nitrogens is 1. The molecule has 1 aromatic carbocycles. The predicted molar refractivity (Wildman–Crippen MR) is 87.0 cm³/mol. The minimum Gasteiger partial charge on any atom is -1.00 e. The van der Waals surface area contributed by atoms with Crippen LogP contribution in [-0.4, -0.2) is 58.6 Å². The molecule has 1 saturated heterocycles. The zero-order valence-corrected chi connectivity index (χ0v) is 14.2. The lowest BCUT2D eigenvalue weighted by Gasteiger charge is -2.32. The number of amides is 1. The molecule has 7 heteroatoms. The Hall–Kier alpha value is -2.05. The van der Waals surface area contributed by atoms with Crippen LogP contribution in [0.2, 0.25) is 0 Å². The Bertz CT molecular complexity index is 869. The van der Waals surface area contributed by atoms with Crippen LogP contribution in [0, 0.1) is 0 Å². The maximum Gasteiger partial charge on any atom is 0.267 e. The second-order valence-electron chi connectivity index (χ2n) is 6.34. The summed E-state index contributed by atoms with van der Waals surface area (Å²) in [4.78, 5) is 29.4. The number of rotatable bonds is 1. The molecule has 0 bridgehead atoms. The first-order valence-electron chi connectivity index (χ1n) is 7.93. The van der Waals surface area contributed by atoms with Crippen LogP contribution in [0.15, 0.2) is 23.0 Å². The van der Waals surface area contributed by atoms with Crippen molar-refractivity contribution < 1.29 is 22.3 Å². The number of halogens is 1. The molecule has 0 spiro atoms. The van der Waals surface area contributed by atoms with Gasteiger partial charge in [0, 0.05) is 38.1 Å². The number of hydrogen-bond donors (Lipinski definition) is 1. The highest BCUT2D eigenvalue weighted by molar-refractivity contribution is 6.03. The third-order valence-electron chi connectivity index (χ3n) is 4.95. The van der Waals surface area contributed by atoms with E-state index in [0.29, 0.717) is 25.0 Å². The van der Waals surface area contributed by atoms with Crippen LogP contribution in [0.4, 0.5) is 0 Å². The fraction of sp³-hybridized carbons (Fsp3) is 0.412. The molecule has 3 heterocycles. The SMILES string of the molecule is CN1CCN(C(=O)c2c(O)c3cccc4c3n(c2=O)CC4)CC1.[Cl-]. The van der Waals surface area contributed by atoms with Crippen molar-refractivity contribution in [3.8, 4) is 5.75 Å². The van der Waals surface area contributed by atoms with Gasteiger partial charge in [0.25, 0.3) is 11.5 Å². The normalized spacial score (nSPS) is 17.1. The van der Waals surface area contributed by atoms with Crippen LogP contribution >= 0.6 is 0 Å². The fourth-order valence-electron chi connectivity index (χ4n) is 3.58. The highest BCUT2D eigenvalue weighted by Gasteiger charge is 2.29. The van der Waals surface area contributed by atoms with Crippen molar-refractivity contribution in [1.29, 1.82) is 0 Å². The second kappa shape index (κ2) is 6.11. The van der Waals surface area contributed by atoms with Crippen molar-refractivity contribution in [3.05, 3.63) is 39.7 Å². The van der Waals surface area contributed by atoms with Crippen LogP contribution in [0.1, 0.15) is 15.9 Å². The van der Waals surface area contributed by atoms with E-state index in [4.69, 9.17) is 0 Å². The summed E-state index contributed by atoms with van der Waals surface area (Å²) in [5, 5.41) is 11.2. The van der Waals surface area contributed by atoms with Crippen molar-refractivity contribution in [2.24, 2.45) is 0 Å². The second-order valence-corrected chi connectivity index (χ2v) is 6.34. The summed E-state index contributed by atoms with van der Waals surface area (Å²) >= 11 is 0. The number of pyridine rings is 1. The van der Waals surface area contributed by atoms with Crippen LogP contribution in [-0.2, 0) is 13.0 Å². The average molecular weight is 349 g/mol. The van der Waals surface area contributed by atoms with E-state index in [2.05, 4.69) is 4.90 Å². The van der Waals surface area contributed by atoms with Gasteiger partial charge in [-0.3, -0.25) is 9.59 Å². The third kappa shape index (κ3) is 2.37. The minimum absolute atomic E-state index is 0. The summed E-state index contributed by atoms with van der Waals surface area (Å²) in [5.74, 6) is -0.530. The first kappa shape index (κ1) is 16.8. The van der Waals surface area contributed by atoms with Gasteiger partial charge in [0.1, 0.15) is 11.3 Å².